The van der Waals surface area contributed by atoms with E-state index in [4.69, 9.17) is 4.74 Å². The van der Waals surface area contributed by atoms with E-state index >= 15 is 0 Å². The topological polar surface area (TPSA) is 19.0 Å². The van der Waals surface area contributed by atoms with Gasteiger partial charge in [0.1, 0.15) is 0 Å². The van der Waals surface area contributed by atoms with Gasteiger partial charge in [0, 0.05) is 51.5 Å². The Morgan fingerprint density at radius 3 is 1.39 bits per heavy atom. The molecule has 1 heterocycles. The van der Waals surface area contributed by atoms with Crippen LogP contribution in [0.5, 0.6) is 11.5 Å². The lowest BCUT2D eigenvalue weighted by Crippen LogP contribution is -2.61. The number of fused-ring (bicyclic) bond motifs is 12. The molecule has 2 atom stereocenters. The second kappa shape index (κ2) is 23.2. The van der Waals surface area contributed by atoms with Crippen LogP contribution in [0.2, 0.25) is 0 Å². The first kappa shape index (κ1) is 57.6. The van der Waals surface area contributed by atoms with Crippen molar-refractivity contribution in [3.8, 4) is 33.8 Å². The highest BCUT2D eigenvalue weighted by Gasteiger charge is 2.57. The Morgan fingerprint density at radius 1 is 0.388 bits per heavy atom. The Balaban J connectivity index is 1.08. The van der Waals surface area contributed by atoms with Crippen LogP contribution in [-0.2, 0) is 16.2 Å². The molecule has 12 rings (SSSR count). The first-order chi connectivity index (χ1) is 41.4. The molecule has 0 amide bonds. The second-order valence-corrected chi connectivity index (χ2v) is 26.0. The number of rotatable bonds is 22. The predicted molar refractivity (Wildman–Crippen MR) is 362 cm³/mol. The van der Waals surface area contributed by atoms with E-state index in [-0.39, 0.29) is 21.9 Å². The highest BCUT2D eigenvalue weighted by atomic mass is 16.5. The fourth-order valence-electron chi connectivity index (χ4n) is 16.6. The Labute approximate surface area is 509 Å². The molecule has 434 valence electrons. The molecule has 0 fully saturated rings. The zero-order chi connectivity index (χ0) is 59.1. The van der Waals surface area contributed by atoms with Gasteiger partial charge < -0.3 is 19.4 Å². The predicted octanol–water partition coefficient (Wildman–Crippen LogP) is 23.4. The van der Waals surface area contributed by atoms with Gasteiger partial charge in [0.25, 0.3) is 0 Å². The number of ether oxygens (including phenoxy) is 1. The van der Waals surface area contributed by atoms with E-state index in [0.717, 1.165) is 117 Å². The van der Waals surface area contributed by atoms with Crippen molar-refractivity contribution in [3.63, 3.8) is 0 Å². The summed E-state index contributed by atoms with van der Waals surface area (Å²) in [5.41, 5.74) is 20.5. The van der Waals surface area contributed by atoms with Crippen LogP contribution in [0.15, 0.2) is 212 Å². The number of hydrogen-bond acceptors (Lipinski definition) is 4. The van der Waals surface area contributed by atoms with Crippen LogP contribution in [0.4, 0.5) is 39.8 Å². The zero-order valence-corrected chi connectivity index (χ0v) is 52.4. The molecule has 0 N–H and O–H groups in total. The first-order valence-corrected chi connectivity index (χ1v) is 32.4. The third kappa shape index (κ3) is 9.40. The van der Waals surface area contributed by atoms with Crippen LogP contribution >= 0.6 is 0 Å². The monoisotopic (exact) mass is 1120 g/mol. The number of para-hydroxylation sites is 3. The highest BCUT2D eigenvalue weighted by Crippen LogP contribution is 2.65. The average molecular weight is 1120 g/mol. The van der Waals surface area contributed by atoms with Crippen LogP contribution in [0.25, 0.3) is 22.3 Å². The van der Waals surface area contributed by atoms with E-state index in [1.54, 1.807) is 0 Å². The maximum absolute atomic E-state index is 7.49. The van der Waals surface area contributed by atoms with Gasteiger partial charge in [0.15, 0.2) is 11.5 Å². The van der Waals surface area contributed by atoms with Crippen LogP contribution in [0.1, 0.15) is 180 Å². The number of unbranched alkanes of at least 4 members (excludes halogenated alkanes) is 1. The molecule has 9 aromatic rings. The minimum absolute atomic E-state index is 0.0316. The van der Waals surface area contributed by atoms with Crippen LogP contribution in [0.3, 0.4) is 0 Å². The van der Waals surface area contributed by atoms with Gasteiger partial charge in [0.05, 0.1) is 22.3 Å². The zero-order valence-electron chi connectivity index (χ0n) is 52.4. The van der Waals surface area contributed by atoms with Gasteiger partial charge in [-0.25, -0.2) is 0 Å². The van der Waals surface area contributed by atoms with Crippen molar-refractivity contribution in [1.29, 1.82) is 0 Å². The summed E-state index contributed by atoms with van der Waals surface area (Å²) in [4.78, 5) is 7.75. The van der Waals surface area contributed by atoms with Crippen molar-refractivity contribution < 1.29 is 4.74 Å². The number of nitrogens with zero attached hydrogens (tertiary/aromatic N) is 3. The van der Waals surface area contributed by atoms with Crippen LogP contribution in [-0.4, -0.2) is 11.1 Å². The van der Waals surface area contributed by atoms with E-state index in [1.165, 1.54) is 67.0 Å². The molecule has 1 aliphatic heterocycles. The summed E-state index contributed by atoms with van der Waals surface area (Å²) >= 11 is 0. The van der Waals surface area contributed by atoms with E-state index in [0.29, 0.717) is 0 Å². The van der Waals surface area contributed by atoms with Gasteiger partial charge >= 0.3 is 0 Å². The molecule has 85 heavy (non-hydrogen) atoms. The average Bonchev–Trinajstić information content (AvgIpc) is 1.56. The summed E-state index contributed by atoms with van der Waals surface area (Å²) in [6.07, 6.45) is 12.7. The summed E-state index contributed by atoms with van der Waals surface area (Å²) in [5, 5.41) is 0. The lowest BCUT2D eigenvalue weighted by Gasteiger charge is -2.58. The minimum Gasteiger partial charge on any atom is -0.453 e. The molecule has 0 radical (unpaired) electrons. The van der Waals surface area contributed by atoms with Crippen molar-refractivity contribution in [2.24, 2.45) is 0 Å². The molecular formula is C81H89N3O. The fraction of sp³-hybridized carbons (Fsp3) is 0.333. The Morgan fingerprint density at radius 2 is 0.859 bits per heavy atom. The van der Waals surface area contributed by atoms with Gasteiger partial charge in [-0.15, -0.1) is 0 Å². The van der Waals surface area contributed by atoms with Crippen molar-refractivity contribution >= 4 is 39.8 Å². The minimum atomic E-state index is -0.478. The standard InChI is InChI=1S/C81H89N3O/c1-11-17-53-80(52-15-5,79(16-6,51-14-4)59-42-46-68-67-45-41-58(77(7,8)49-12-2)54-71(67)81(72(68)55-59)69-39-29-27-37-65(69)66-38-28-30-40-70(66)81)84(62-35-25-20-26-36-62)64-44-48-74-76(57-64)85-75-56-63(43-47-73(75)82(74)60-31-21-18-22-32-60)83(78(9,10)50-13-3)61-33-23-19-24-34-61/h18-48,54-57H,11-17,49-53H2,1-10H3. The van der Waals surface area contributed by atoms with Crippen molar-refractivity contribution in [2.45, 2.75) is 174 Å². The molecule has 0 saturated heterocycles. The van der Waals surface area contributed by atoms with Crippen molar-refractivity contribution in [2.75, 3.05) is 14.7 Å². The quantitative estimate of drug-likeness (QED) is 0.0673. The highest BCUT2D eigenvalue weighted by molar-refractivity contribution is 5.96. The van der Waals surface area contributed by atoms with Crippen molar-refractivity contribution in [1.82, 2.24) is 0 Å². The maximum Gasteiger partial charge on any atom is 0.153 e. The number of hydrogen-bond donors (Lipinski definition) is 0. The van der Waals surface area contributed by atoms with Gasteiger partial charge in [-0.3, -0.25) is 0 Å². The van der Waals surface area contributed by atoms with E-state index in [2.05, 4.69) is 296 Å². The molecule has 2 unspecified atom stereocenters. The van der Waals surface area contributed by atoms with E-state index in [1.807, 2.05) is 0 Å². The molecule has 3 aliphatic rings. The fourth-order valence-corrected chi connectivity index (χ4v) is 16.6. The molecule has 0 bridgehead atoms. The van der Waals surface area contributed by atoms with Gasteiger partial charge in [-0.05, 0) is 174 Å². The van der Waals surface area contributed by atoms with Crippen molar-refractivity contribution in [3.05, 3.63) is 246 Å². The lowest BCUT2D eigenvalue weighted by molar-refractivity contribution is 0.157. The number of anilines is 7. The molecule has 2 aliphatic carbocycles. The second-order valence-electron chi connectivity index (χ2n) is 26.0. The normalized spacial score (nSPS) is 14.9. The molecule has 4 heteroatoms. The summed E-state index contributed by atoms with van der Waals surface area (Å²) in [6.45, 7) is 24.0. The SMILES string of the molecule is CCCCC(CCC)(N(c1ccccc1)c1ccc2c(c1)Oc1cc(N(c3ccccc3)C(C)(C)CCC)ccc1N2c1ccccc1)C(CC)(CCC)c1ccc2c(c1)C1(c3ccccc3-c3ccccc31)c1cc(C(C)(C)CCC)ccc1-2. The third-order valence-electron chi connectivity index (χ3n) is 20.1. The molecule has 0 aromatic heterocycles. The summed E-state index contributed by atoms with van der Waals surface area (Å²) in [6, 6.07) is 81.3. The summed E-state index contributed by atoms with van der Waals surface area (Å²) < 4.78 is 7.49. The molecule has 9 aromatic carbocycles. The summed E-state index contributed by atoms with van der Waals surface area (Å²) in [7, 11) is 0. The largest absolute Gasteiger partial charge is 0.453 e. The smallest absolute Gasteiger partial charge is 0.153 e. The maximum atomic E-state index is 7.49. The van der Waals surface area contributed by atoms with E-state index in [9.17, 15) is 0 Å². The summed E-state index contributed by atoms with van der Waals surface area (Å²) in [5.74, 6) is 1.69. The van der Waals surface area contributed by atoms with Crippen LogP contribution in [0, 0.1) is 0 Å². The third-order valence-corrected chi connectivity index (χ3v) is 20.1. The molecule has 4 nitrogen and oxygen atoms in total. The lowest BCUT2D eigenvalue weighted by atomic mass is 9.56. The number of benzene rings is 9. The molecule has 0 saturated carbocycles. The van der Waals surface area contributed by atoms with Gasteiger partial charge in [-0.2, -0.15) is 0 Å². The molecule has 1 spiro atoms. The Kier molecular flexibility index (Phi) is 15.7. The van der Waals surface area contributed by atoms with E-state index < -0.39 is 5.41 Å². The Bertz CT molecular complexity index is 3780. The Hall–Kier alpha value is -7.82. The molecular weight excluding hydrogens is 1030 g/mol. The first-order valence-electron chi connectivity index (χ1n) is 32.4. The van der Waals surface area contributed by atoms with Gasteiger partial charge in [0.2, 0.25) is 0 Å². The van der Waals surface area contributed by atoms with Crippen LogP contribution < -0.4 is 19.4 Å². The van der Waals surface area contributed by atoms with Gasteiger partial charge in [-0.1, -0.05) is 233 Å².